The second-order valence-electron chi connectivity index (χ2n) is 7.87. The SMILES string of the molecule is CC1(C)OC12[C@H]1c3c(F)c(F)c(F)c(F)c3[C@H]2[C@H]2[C@H]1[C@H](Cl)C=C[C@@H]2Cl. The van der Waals surface area contributed by atoms with Crippen molar-refractivity contribution in [2.24, 2.45) is 11.8 Å². The van der Waals surface area contributed by atoms with E-state index in [9.17, 15) is 17.6 Å². The summed E-state index contributed by atoms with van der Waals surface area (Å²) in [6.45, 7) is 3.64. The van der Waals surface area contributed by atoms with Gasteiger partial charge in [0.05, 0.1) is 16.4 Å². The van der Waals surface area contributed by atoms with E-state index in [1.54, 1.807) is 12.2 Å². The van der Waals surface area contributed by atoms with E-state index in [0.29, 0.717) is 0 Å². The first kappa shape index (κ1) is 16.4. The highest BCUT2D eigenvalue weighted by Crippen LogP contribution is 2.79. The Labute approximate surface area is 151 Å². The van der Waals surface area contributed by atoms with Crippen molar-refractivity contribution in [3.8, 4) is 0 Å². The third kappa shape index (κ3) is 1.58. The number of hydrogen-bond donors (Lipinski definition) is 0. The van der Waals surface area contributed by atoms with Gasteiger partial charge in [-0.2, -0.15) is 0 Å². The van der Waals surface area contributed by atoms with Gasteiger partial charge in [-0.15, -0.1) is 23.2 Å². The van der Waals surface area contributed by atoms with Crippen molar-refractivity contribution in [1.82, 2.24) is 0 Å². The first-order chi connectivity index (χ1) is 11.6. The smallest absolute Gasteiger partial charge is 0.197 e. The minimum Gasteiger partial charge on any atom is -0.362 e. The number of benzene rings is 1. The minimum atomic E-state index is -1.78. The van der Waals surface area contributed by atoms with Gasteiger partial charge < -0.3 is 4.74 Å². The lowest BCUT2D eigenvalue weighted by Crippen LogP contribution is -2.37. The van der Waals surface area contributed by atoms with Crippen LogP contribution in [0, 0.1) is 35.1 Å². The van der Waals surface area contributed by atoms with Crippen LogP contribution in [0.2, 0.25) is 0 Å². The molecule has 7 heteroatoms. The minimum absolute atomic E-state index is 0.127. The molecule has 1 heterocycles. The summed E-state index contributed by atoms with van der Waals surface area (Å²) in [5, 5.41) is -0.925. The number of allylic oxidation sites excluding steroid dienone is 2. The van der Waals surface area contributed by atoms with Gasteiger partial charge in [-0.05, 0) is 25.7 Å². The Hall–Kier alpha value is -0.780. The van der Waals surface area contributed by atoms with Crippen molar-refractivity contribution in [2.45, 2.75) is 47.6 Å². The van der Waals surface area contributed by atoms with Crippen LogP contribution < -0.4 is 0 Å². The molecule has 0 radical (unpaired) electrons. The molecule has 0 aromatic heterocycles. The van der Waals surface area contributed by atoms with Gasteiger partial charge in [-0.1, -0.05) is 12.2 Å². The van der Waals surface area contributed by atoms with Crippen molar-refractivity contribution < 1.29 is 22.3 Å². The molecule has 3 aliphatic carbocycles. The van der Waals surface area contributed by atoms with Crippen molar-refractivity contribution in [3.05, 3.63) is 46.5 Å². The highest BCUT2D eigenvalue weighted by molar-refractivity contribution is 6.24. The third-order valence-corrected chi connectivity index (χ3v) is 7.51. The third-order valence-electron chi connectivity index (χ3n) is 6.64. The Balaban J connectivity index is 1.84. The lowest BCUT2D eigenvalue weighted by Gasteiger charge is -2.38. The molecule has 1 aromatic rings. The maximum absolute atomic E-state index is 14.7. The molecule has 1 unspecified atom stereocenters. The first-order valence-corrected chi connectivity index (χ1v) is 9.04. The van der Waals surface area contributed by atoms with Crippen molar-refractivity contribution in [1.29, 1.82) is 0 Å². The fraction of sp³-hybridized carbons (Fsp3) is 0.556. The zero-order valence-electron chi connectivity index (χ0n) is 13.3. The normalized spacial score (nSPS) is 45.0. The average molecular weight is 393 g/mol. The molecule has 5 rings (SSSR count). The molecule has 4 aliphatic rings. The summed E-state index contributed by atoms with van der Waals surface area (Å²) in [7, 11) is 0. The Morgan fingerprint density at radius 1 is 0.800 bits per heavy atom. The van der Waals surface area contributed by atoms with E-state index in [1.165, 1.54) is 0 Å². The van der Waals surface area contributed by atoms with Crippen LogP contribution in [0.25, 0.3) is 0 Å². The first-order valence-electron chi connectivity index (χ1n) is 8.17. The maximum Gasteiger partial charge on any atom is 0.197 e. The molecule has 134 valence electrons. The molecule has 25 heavy (non-hydrogen) atoms. The van der Waals surface area contributed by atoms with Crippen LogP contribution in [0.4, 0.5) is 17.6 Å². The molecule has 7 atom stereocenters. The van der Waals surface area contributed by atoms with E-state index in [0.717, 1.165) is 0 Å². The monoisotopic (exact) mass is 392 g/mol. The lowest BCUT2D eigenvalue weighted by atomic mass is 9.70. The van der Waals surface area contributed by atoms with Crippen LogP contribution >= 0.6 is 23.2 Å². The second-order valence-corrected chi connectivity index (χ2v) is 8.88. The molecular weight excluding hydrogens is 379 g/mol. The molecule has 0 amide bonds. The highest BCUT2D eigenvalue weighted by atomic mass is 35.5. The molecule has 1 aromatic carbocycles. The van der Waals surface area contributed by atoms with Crippen molar-refractivity contribution in [2.75, 3.05) is 0 Å². The topological polar surface area (TPSA) is 12.5 Å². The zero-order valence-corrected chi connectivity index (χ0v) is 14.8. The molecule has 2 bridgehead atoms. The largest absolute Gasteiger partial charge is 0.362 e. The number of rotatable bonds is 0. The van der Waals surface area contributed by atoms with E-state index in [4.69, 9.17) is 27.9 Å². The van der Waals surface area contributed by atoms with Gasteiger partial charge in [-0.25, -0.2) is 17.6 Å². The van der Waals surface area contributed by atoms with Crippen molar-refractivity contribution >= 4 is 23.2 Å². The zero-order chi connectivity index (χ0) is 18.0. The molecule has 1 spiro atoms. The average Bonchev–Trinajstić information content (AvgIpc) is 2.86. The van der Waals surface area contributed by atoms with Crippen LogP contribution in [0.15, 0.2) is 12.2 Å². The Morgan fingerprint density at radius 3 is 1.48 bits per heavy atom. The van der Waals surface area contributed by atoms with Gasteiger partial charge in [0.1, 0.15) is 5.60 Å². The van der Waals surface area contributed by atoms with Crippen LogP contribution in [0.5, 0.6) is 0 Å². The fourth-order valence-corrected chi connectivity index (χ4v) is 6.63. The number of alkyl halides is 2. The molecule has 1 aliphatic heterocycles. The summed E-state index contributed by atoms with van der Waals surface area (Å²) in [5.41, 5.74) is -1.87. The van der Waals surface area contributed by atoms with Gasteiger partial charge in [0.2, 0.25) is 0 Å². The van der Waals surface area contributed by atoms with Crippen LogP contribution in [0.3, 0.4) is 0 Å². The summed E-state index contributed by atoms with van der Waals surface area (Å²) in [5.74, 6) is -8.22. The summed E-state index contributed by atoms with van der Waals surface area (Å²) in [6, 6.07) is 0. The van der Waals surface area contributed by atoms with E-state index < -0.39 is 57.1 Å². The molecular formula is C18H14Cl2F4O. The maximum atomic E-state index is 14.7. The predicted molar refractivity (Wildman–Crippen MR) is 85.1 cm³/mol. The Bertz CT molecular complexity index is 795. The summed E-state index contributed by atoms with van der Waals surface area (Å²) < 4.78 is 63.2. The van der Waals surface area contributed by atoms with Crippen LogP contribution in [-0.2, 0) is 4.74 Å². The number of epoxide rings is 1. The highest BCUT2D eigenvalue weighted by Gasteiger charge is 2.83. The number of hydrogen-bond acceptors (Lipinski definition) is 1. The van der Waals surface area contributed by atoms with Gasteiger partial charge in [0.25, 0.3) is 0 Å². The second kappa shape index (κ2) is 4.55. The lowest BCUT2D eigenvalue weighted by molar-refractivity contribution is 0.251. The van der Waals surface area contributed by atoms with Gasteiger partial charge in [0, 0.05) is 23.0 Å². The number of ether oxygens (including phenoxy) is 1. The molecule has 1 nitrogen and oxygen atoms in total. The quantitative estimate of drug-likeness (QED) is 0.151. The standard InChI is InChI=1S/C18H14Cl2F4O/c1-17(2)18(25-17)11-7-5(19)3-4-6(20)8(7)12(18)10-9(11)13(21)15(23)16(24)14(10)22/h3-8,11-12H,1-2H3/t5-,6+,7-,8-,11-,12-,18?/m1/s1. The van der Waals surface area contributed by atoms with Gasteiger partial charge in [-0.3, -0.25) is 0 Å². The number of halogens is 6. The van der Waals surface area contributed by atoms with Gasteiger partial charge in [0.15, 0.2) is 23.3 Å². The Morgan fingerprint density at radius 2 is 1.16 bits per heavy atom. The molecule has 0 N–H and O–H groups in total. The Kier molecular flexibility index (Phi) is 2.98. The van der Waals surface area contributed by atoms with E-state index >= 15 is 0 Å². The molecule has 2 fully saturated rings. The van der Waals surface area contributed by atoms with Gasteiger partial charge >= 0.3 is 0 Å². The fourth-order valence-electron chi connectivity index (χ4n) is 5.83. The molecule has 1 saturated carbocycles. The number of fused-ring (bicyclic) bond motifs is 6. The van der Waals surface area contributed by atoms with E-state index in [1.807, 2.05) is 13.8 Å². The predicted octanol–water partition coefficient (Wildman–Crippen LogP) is 5.00. The van der Waals surface area contributed by atoms with Crippen molar-refractivity contribution in [3.63, 3.8) is 0 Å². The van der Waals surface area contributed by atoms with E-state index in [-0.39, 0.29) is 23.0 Å². The van der Waals surface area contributed by atoms with E-state index in [2.05, 4.69) is 0 Å². The molecule has 1 saturated heterocycles. The van der Waals surface area contributed by atoms with Crippen LogP contribution in [-0.4, -0.2) is 22.0 Å². The summed E-state index contributed by atoms with van der Waals surface area (Å²) >= 11 is 12.9. The summed E-state index contributed by atoms with van der Waals surface area (Å²) in [4.78, 5) is 0. The summed E-state index contributed by atoms with van der Waals surface area (Å²) in [6.07, 6.45) is 3.47. The van der Waals surface area contributed by atoms with Crippen LogP contribution in [0.1, 0.15) is 36.8 Å².